The fourth-order valence-electron chi connectivity index (χ4n) is 2.64. The first kappa shape index (κ1) is 13.8. The minimum Gasteiger partial charge on any atom is -0.330 e. The summed E-state index contributed by atoms with van der Waals surface area (Å²) < 4.78 is 2.29. The van der Waals surface area contributed by atoms with Crippen molar-refractivity contribution in [3.8, 4) is 0 Å². The van der Waals surface area contributed by atoms with Gasteiger partial charge in [0.15, 0.2) is 0 Å². The Bertz CT molecular complexity index is 490. The number of hydrogen-bond acceptors (Lipinski definition) is 2. The molecule has 2 aromatic rings. The Morgan fingerprint density at radius 1 is 1.26 bits per heavy atom. The van der Waals surface area contributed by atoms with Crippen molar-refractivity contribution in [2.45, 2.75) is 38.8 Å². The molecule has 19 heavy (non-hydrogen) atoms. The van der Waals surface area contributed by atoms with E-state index in [1.165, 1.54) is 11.4 Å². The third kappa shape index (κ3) is 3.04. The fraction of sp³-hybridized carbons (Fsp3) is 0.438. The van der Waals surface area contributed by atoms with Gasteiger partial charge in [0.05, 0.1) is 12.1 Å². The van der Waals surface area contributed by atoms with E-state index in [4.69, 9.17) is 0 Å². The molecule has 3 heteroatoms. The van der Waals surface area contributed by atoms with Gasteiger partial charge < -0.3 is 9.88 Å². The molecule has 0 saturated carbocycles. The molecule has 102 valence electrons. The van der Waals surface area contributed by atoms with Crippen LogP contribution in [-0.4, -0.2) is 16.6 Å². The van der Waals surface area contributed by atoms with Crippen LogP contribution >= 0.6 is 0 Å². The Labute approximate surface area is 115 Å². The second-order valence-electron chi connectivity index (χ2n) is 4.92. The normalized spacial score (nSPS) is 14.3. The highest BCUT2D eigenvalue weighted by Crippen LogP contribution is 2.26. The van der Waals surface area contributed by atoms with Crippen molar-refractivity contribution in [2.75, 3.05) is 7.05 Å². The molecule has 2 unspecified atom stereocenters. The van der Waals surface area contributed by atoms with Crippen LogP contribution in [0.5, 0.6) is 0 Å². The van der Waals surface area contributed by atoms with Gasteiger partial charge in [0.1, 0.15) is 5.82 Å². The van der Waals surface area contributed by atoms with Crippen molar-refractivity contribution in [2.24, 2.45) is 0 Å². The summed E-state index contributed by atoms with van der Waals surface area (Å²) in [6.07, 6.45) is 6.14. The number of aromatic nitrogens is 2. The summed E-state index contributed by atoms with van der Waals surface area (Å²) in [5, 5.41) is 3.43. The van der Waals surface area contributed by atoms with E-state index < -0.39 is 0 Å². The fourth-order valence-corrected chi connectivity index (χ4v) is 2.64. The lowest BCUT2D eigenvalue weighted by Crippen LogP contribution is -2.26. The van der Waals surface area contributed by atoms with E-state index in [1.807, 2.05) is 13.2 Å². The molecule has 0 aliphatic carbocycles. The Hall–Kier alpha value is -1.61. The Kier molecular flexibility index (Phi) is 4.74. The molecule has 2 rings (SSSR count). The van der Waals surface area contributed by atoms with Gasteiger partial charge in [-0.3, -0.25) is 0 Å². The van der Waals surface area contributed by atoms with Gasteiger partial charge in [-0.25, -0.2) is 4.98 Å². The minimum absolute atomic E-state index is 0.297. The van der Waals surface area contributed by atoms with Crippen LogP contribution < -0.4 is 5.32 Å². The van der Waals surface area contributed by atoms with Gasteiger partial charge in [0.25, 0.3) is 0 Å². The molecule has 0 bridgehead atoms. The quantitative estimate of drug-likeness (QED) is 0.860. The van der Waals surface area contributed by atoms with E-state index in [0.29, 0.717) is 12.1 Å². The van der Waals surface area contributed by atoms with Gasteiger partial charge in [-0.15, -0.1) is 0 Å². The maximum atomic E-state index is 4.47. The zero-order chi connectivity index (χ0) is 13.7. The van der Waals surface area contributed by atoms with Crippen LogP contribution in [0.15, 0.2) is 42.7 Å². The van der Waals surface area contributed by atoms with Gasteiger partial charge in [-0.2, -0.15) is 0 Å². The van der Waals surface area contributed by atoms with Gasteiger partial charge in [0, 0.05) is 18.8 Å². The number of likely N-dealkylation sites (N-methyl/N-ethyl adjacent to an activating group) is 1. The van der Waals surface area contributed by atoms with Crippen LogP contribution in [0.1, 0.15) is 43.7 Å². The molecular weight excluding hydrogens is 234 g/mol. The number of nitrogens with zero attached hydrogens (tertiary/aromatic N) is 2. The average molecular weight is 257 g/mol. The Balaban J connectivity index is 2.25. The van der Waals surface area contributed by atoms with Crippen LogP contribution in [0.3, 0.4) is 0 Å². The van der Waals surface area contributed by atoms with Crippen molar-refractivity contribution in [1.29, 1.82) is 0 Å². The summed E-state index contributed by atoms with van der Waals surface area (Å²) in [6, 6.07) is 11.2. The standard InChI is InChI=1S/C16H23N3/c1-4-8-15-18-11-12-19(15)13(2)16(17-3)14-9-6-5-7-10-14/h5-7,9-13,16-17H,4,8H2,1-3H3. The minimum atomic E-state index is 0.297. The molecule has 0 aliphatic rings. The lowest BCUT2D eigenvalue weighted by Gasteiger charge is -2.26. The van der Waals surface area contributed by atoms with Crippen LogP contribution in [0.2, 0.25) is 0 Å². The van der Waals surface area contributed by atoms with Crippen LogP contribution in [-0.2, 0) is 6.42 Å². The summed E-state index contributed by atoms with van der Waals surface area (Å²) in [6.45, 7) is 4.44. The third-order valence-corrected chi connectivity index (χ3v) is 3.61. The van der Waals surface area contributed by atoms with Crippen molar-refractivity contribution in [3.05, 3.63) is 54.1 Å². The number of aryl methyl sites for hydroxylation is 1. The zero-order valence-corrected chi connectivity index (χ0v) is 12.0. The molecule has 1 heterocycles. The zero-order valence-electron chi connectivity index (χ0n) is 12.0. The molecule has 1 aromatic carbocycles. The molecule has 1 N–H and O–H groups in total. The smallest absolute Gasteiger partial charge is 0.108 e. The summed E-state index contributed by atoms with van der Waals surface area (Å²) in [7, 11) is 2.02. The van der Waals surface area contributed by atoms with Crippen molar-refractivity contribution in [3.63, 3.8) is 0 Å². The molecule has 0 radical (unpaired) electrons. The Morgan fingerprint density at radius 2 is 2.00 bits per heavy atom. The largest absolute Gasteiger partial charge is 0.330 e. The number of benzene rings is 1. The molecule has 2 atom stereocenters. The predicted octanol–water partition coefficient (Wildman–Crippen LogP) is 3.36. The lowest BCUT2D eigenvalue weighted by atomic mass is 10.0. The summed E-state index contributed by atoms with van der Waals surface area (Å²) in [5.74, 6) is 1.17. The molecule has 1 aromatic heterocycles. The van der Waals surface area contributed by atoms with E-state index in [9.17, 15) is 0 Å². The summed E-state index contributed by atoms with van der Waals surface area (Å²) in [4.78, 5) is 4.47. The number of rotatable bonds is 6. The van der Waals surface area contributed by atoms with E-state index in [-0.39, 0.29) is 0 Å². The van der Waals surface area contributed by atoms with Crippen LogP contribution in [0.4, 0.5) is 0 Å². The monoisotopic (exact) mass is 257 g/mol. The highest BCUT2D eigenvalue weighted by Gasteiger charge is 2.20. The first-order chi connectivity index (χ1) is 9.27. The summed E-state index contributed by atoms with van der Waals surface area (Å²) in [5.41, 5.74) is 1.31. The van der Waals surface area contributed by atoms with Gasteiger partial charge in [-0.1, -0.05) is 37.3 Å². The molecule has 0 aliphatic heterocycles. The molecule has 0 amide bonds. The average Bonchev–Trinajstić information content (AvgIpc) is 2.89. The SMILES string of the molecule is CCCc1nccn1C(C)C(NC)c1ccccc1. The predicted molar refractivity (Wildman–Crippen MR) is 79.2 cm³/mol. The summed E-state index contributed by atoms with van der Waals surface area (Å²) >= 11 is 0. The second-order valence-corrected chi connectivity index (χ2v) is 4.92. The highest BCUT2D eigenvalue weighted by molar-refractivity contribution is 5.20. The lowest BCUT2D eigenvalue weighted by molar-refractivity contribution is 0.391. The number of nitrogens with one attached hydrogen (secondary N) is 1. The first-order valence-corrected chi connectivity index (χ1v) is 7.01. The van der Waals surface area contributed by atoms with Crippen molar-refractivity contribution >= 4 is 0 Å². The van der Waals surface area contributed by atoms with Gasteiger partial charge in [0.2, 0.25) is 0 Å². The first-order valence-electron chi connectivity index (χ1n) is 7.01. The molecule has 0 saturated heterocycles. The molecule has 3 nitrogen and oxygen atoms in total. The maximum Gasteiger partial charge on any atom is 0.108 e. The number of hydrogen-bond donors (Lipinski definition) is 1. The van der Waals surface area contributed by atoms with Crippen LogP contribution in [0.25, 0.3) is 0 Å². The van der Waals surface area contributed by atoms with Gasteiger partial charge in [-0.05, 0) is 26.0 Å². The maximum absolute atomic E-state index is 4.47. The third-order valence-electron chi connectivity index (χ3n) is 3.61. The highest BCUT2D eigenvalue weighted by atomic mass is 15.1. The second kappa shape index (κ2) is 6.53. The van der Waals surface area contributed by atoms with E-state index in [2.05, 4.69) is 65.2 Å². The van der Waals surface area contributed by atoms with Crippen molar-refractivity contribution < 1.29 is 0 Å². The van der Waals surface area contributed by atoms with E-state index in [0.717, 1.165) is 12.8 Å². The van der Waals surface area contributed by atoms with Crippen LogP contribution in [0, 0.1) is 0 Å². The van der Waals surface area contributed by atoms with E-state index >= 15 is 0 Å². The van der Waals surface area contributed by atoms with E-state index in [1.54, 1.807) is 0 Å². The van der Waals surface area contributed by atoms with Gasteiger partial charge >= 0.3 is 0 Å². The molecule has 0 fully saturated rings. The Morgan fingerprint density at radius 3 is 2.63 bits per heavy atom. The molecular formula is C16H23N3. The number of imidazole rings is 1. The topological polar surface area (TPSA) is 29.9 Å². The van der Waals surface area contributed by atoms with Crippen molar-refractivity contribution in [1.82, 2.24) is 14.9 Å². The molecule has 0 spiro atoms.